The predicted octanol–water partition coefficient (Wildman–Crippen LogP) is 5.25. The molecule has 1 atom stereocenters. The minimum absolute atomic E-state index is 0.424. The van der Waals surface area contributed by atoms with Gasteiger partial charge in [-0.2, -0.15) is 0 Å². The molecule has 4 aromatic rings. The lowest BCUT2D eigenvalue weighted by molar-refractivity contribution is 0.107. The smallest absolute Gasteiger partial charge is 0.146 e. The summed E-state index contributed by atoms with van der Waals surface area (Å²) >= 11 is 0. The Kier molecular flexibility index (Phi) is 6.34. The summed E-state index contributed by atoms with van der Waals surface area (Å²) in [7, 11) is 0. The van der Waals surface area contributed by atoms with Gasteiger partial charge in [0, 0.05) is 49.5 Å². The Morgan fingerprint density at radius 3 is 2.39 bits per heavy atom. The molecule has 1 saturated carbocycles. The van der Waals surface area contributed by atoms with Crippen LogP contribution in [0.2, 0.25) is 0 Å². The van der Waals surface area contributed by atoms with Gasteiger partial charge in [-0.15, -0.1) is 0 Å². The zero-order valence-corrected chi connectivity index (χ0v) is 20.8. The molecule has 0 radical (unpaired) electrons. The molecule has 2 aliphatic rings. The SMILES string of the molecule is CC1CN(C2CCC(n3cc(-c4ccc(Oc5ccccc5)cc4)c4c(N)ncnc43)CC2)CCN1. The summed E-state index contributed by atoms with van der Waals surface area (Å²) in [5.74, 6) is 2.16. The Morgan fingerprint density at radius 1 is 0.917 bits per heavy atom. The van der Waals surface area contributed by atoms with Gasteiger partial charge >= 0.3 is 0 Å². The molecule has 0 spiro atoms. The minimum atomic E-state index is 0.424. The molecule has 3 heterocycles. The van der Waals surface area contributed by atoms with Gasteiger partial charge in [-0.05, 0) is 62.4 Å². The fourth-order valence-corrected chi connectivity index (χ4v) is 5.93. The van der Waals surface area contributed by atoms with Crippen molar-refractivity contribution in [1.29, 1.82) is 0 Å². The number of nitrogens with one attached hydrogen (secondary N) is 1. The zero-order chi connectivity index (χ0) is 24.5. The van der Waals surface area contributed by atoms with Crippen LogP contribution in [0.3, 0.4) is 0 Å². The molecule has 3 N–H and O–H groups in total. The van der Waals surface area contributed by atoms with Gasteiger partial charge < -0.3 is 20.4 Å². The highest BCUT2D eigenvalue weighted by molar-refractivity contribution is 6.00. The molecule has 36 heavy (non-hydrogen) atoms. The van der Waals surface area contributed by atoms with E-state index in [-0.39, 0.29) is 0 Å². The van der Waals surface area contributed by atoms with Gasteiger partial charge in [-0.1, -0.05) is 30.3 Å². The number of piperazine rings is 1. The molecule has 7 nitrogen and oxygen atoms in total. The summed E-state index contributed by atoms with van der Waals surface area (Å²) in [6.07, 6.45) is 8.57. The molecule has 7 heteroatoms. The van der Waals surface area contributed by atoms with Gasteiger partial charge in [0.2, 0.25) is 0 Å². The minimum Gasteiger partial charge on any atom is -0.457 e. The molecular formula is C29H34N6O. The number of anilines is 1. The highest BCUT2D eigenvalue weighted by Crippen LogP contribution is 2.39. The summed E-state index contributed by atoms with van der Waals surface area (Å²) in [4.78, 5) is 11.7. The van der Waals surface area contributed by atoms with Gasteiger partial charge in [0.1, 0.15) is 29.3 Å². The third kappa shape index (κ3) is 4.56. The number of rotatable bonds is 5. The first-order valence-corrected chi connectivity index (χ1v) is 13.1. The summed E-state index contributed by atoms with van der Waals surface area (Å²) in [5.41, 5.74) is 9.50. The van der Waals surface area contributed by atoms with Crippen molar-refractivity contribution < 1.29 is 4.74 Å². The van der Waals surface area contributed by atoms with Crippen molar-refractivity contribution in [3.8, 4) is 22.6 Å². The maximum absolute atomic E-state index is 6.40. The number of para-hydroxylation sites is 1. The molecule has 0 bridgehead atoms. The number of fused-ring (bicyclic) bond motifs is 1. The van der Waals surface area contributed by atoms with Crippen LogP contribution in [0.25, 0.3) is 22.2 Å². The Hall–Kier alpha value is -3.42. The van der Waals surface area contributed by atoms with Gasteiger partial charge in [-0.3, -0.25) is 4.90 Å². The van der Waals surface area contributed by atoms with Crippen LogP contribution >= 0.6 is 0 Å². The molecule has 1 aliphatic carbocycles. The quantitative estimate of drug-likeness (QED) is 0.404. The van der Waals surface area contributed by atoms with E-state index in [2.05, 4.69) is 50.0 Å². The van der Waals surface area contributed by atoms with Crippen molar-refractivity contribution in [1.82, 2.24) is 24.8 Å². The van der Waals surface area contributed by atoms with Crippen molar-refractivity contribution in [2.75, 3.05) is 25.4 Å². The molecule has 6 rings (SSSR count). The van der Waals surface area contributed by atoms with Crippen LogP contribution < -0.4 is 15.8 Å². The normalized spacial score (nSPS) is 23.1. The Bertz CT molecular complexity index is 1310. The first-order chi connectivity index (χ1) is 17.7. The first-order valence-electron chi connectivity index (χ1n) is 13.1. The van der Waals surface area contributed by atoms with E-state index in [1.807, 2.05) is 42.5 Å². The fraction of sp³-hybridized carbons (Fsp3) is 0.379. The lowest BCUT2D eigenvalue weighted by atomic mass is 9.89. The van der Waals surface area contributed by atoms with Gasteiger partial charge in [-0.25, -0.2) is 9.97 Å². The lowest BCUT2D eigenvalue weighted by Crippen LogP contribution is -2.53. The van der Waals surface area contributed by atoms with Crippen LogP contribution in [0.15, 0.2) is 67.1 Å². The van der Waals surface area contributed by atoms with Crippen molar-refractivity contribution in [3.63, 3.8) is 0 Å². The van der Waals surface area contributed by atoms with E-state index in [1.54, 1.807) is 6.33 Å². The topological polar surface area (TPSA) is 81.2 Å². The standard InChI is InChI=1S/C29H34N6O/c1-20-17-34(16-15-31-20)22-9-11-23(12-10-22)35-18-26(27-28(30)32-19-33-29(27)35)21-7-13-25(14-8-21)36-24-5-3-2-4-6-24/h2-8,13-14,18-20,22-23,31H,9-12,15-17H2,1H3,(H2,30,32,33). The molecule has 1 saturated heterocycles. The lowest BCUT2D eigenvalue weighted by Gasteiger charge is -2.41. The summed E-state index contributed by atoms with van der Waals surface area (Å²) in [6.45, 7) is 5.69. The third-order valence-corrected chi connectivity index (χ3v) is 7.76. The number of hydrogen-bond acceptors (Lipinski definition) is 6. The molecule has 1 unspecified atom stereocenters. The molecule has 2 aromatic carbocycles. The number of hydrogen-bond donors (Lipinski definition) is 2. The Labute approximate surface area is 212 Å². The van der Waals surface area contributed by atoms with Crippen LogP contribution in [0.1, 0.15) is 38.6 Å². The Balaban J connectivity index is 1.25. The molecule has 186 valence electrons. The number of nitrogens with zero attached hydrogens (tertiary/aromatic N) is 4. The maximum Gasteiger partial charge on any atom is 0.146 e. The second-order valence-corrected chi connectivity index (χ2v) is 10.2. The molecular weight excluding hydrogens is 448 g/mol. The number of aromatic nitrogens is 3. The number of benzene rings is 2. The van der Waals surface area contributed by atoms with E-state index < -0.39 is 0 Å². The van der Waals surface area contributed by atoms with E-state index in [4.69, 9.17) is 10.5 Å². The third-order valence-electron chi connectivity index (χ3n) is 7.76. The summed E-state index contributed by atoms with van der Waals surface area (Å²) < 4.78 is 8.34. The van der Waals surface area contributed by atoms with Crippen LogP contribution in [0.5, 0.6) is 11.5 Å². The van der Waals surface area contributed by atoms with E-state index in [0.717, 1.165) is 66.1 Å². The van der Waals surface area contributed by atoms with Crippen molar-refractivity contribution >= 4 is 16.9 Å². The number of nitrogens with two attached hydrogens (primary N) is 1. The van der Waals surface area contributed by atoms with Crippen LogP contribution in [-0.4, -0.2) is 51.2 Å². The Morgan fingerprint density at radius 2 is 1.64 bits per heavy atom. The monoisotopic (exact) mass is 482 g/mol. The van der Waals surface area contributed by atoms with Crippen molar-refractivity contribution in [2.45, 2.75) is 50.7 Å². The second kappa shape index (κ2) is 9.91. The van der Waals surface area contributed by atoms with E-state index in [9.17, 15) is 0 Å². The van der Waals surface area contributed by atoms with Crippen LogP contribution in [-0.2, 0) is 0 Å². The van der Waals surface area contributed by atoms with Crippen LogP contribution in [0.4, 0.5) is 5.82 Å². The second-order valence-electron chi connectivity index (χ2n) is 10.2. The molecule has 2 aromatic heterocycles. The fourth-order valence-electron chi connectivity index (χ4n) is 5.93. The maximum atomic E-state index is 6.40. The van der Waals surface area contributed by atoms with Gasteiger partial charge in [0.25, 0.3) is 0 Å². The van der Waals surface area contributed by atoms with Crippen molar-refractivity contribution in [2.24, 2.45) is 0 Å². The average molecular weight is 483 g/mol. The van der Waals surface area contributed by atoms with E-state index >= 15 is 0 Å². The van der Waals surface area contributed by atoms with E-state index in [1.165, 1.54) is 12.8 Å². The highest BCUT2D eigenvalue weighted by Gasteiger charge is 2.30. The largest absolute Gasteiger partial charge is 0.457 e. The van der Waals surface area contributed by atoms with Gasteiger partial charge in [0.05, 0.1) is 5.39 Å². The summed E-state index contributed by atoms with van der Waals surface area (Å²) in [6, 6.07) is 19.7. The van der Waals surface area contributed by atoms with Crippen molar-refractivity contribution in [3.05, 3.63) is 67.1 Å². The molecule has 2 fully saturated rings. The average Bonchev–Trinajstić information content (AvgIpc) is 3.31. The number of nitrogen functional groups attached to an aromatic ring is 1. The number of ether oxygens (including phenoxy) is 1. The summed E-state index contributed by atoms with van der Waals surface area (Å²) in [5, 5.41) is 4.50. The molecule has 0 amide bonds. The van der Waals surface area contributed by atoms with E-state index in [0.29, 0.717) is 23.9 Å². The first kappa shape index (κ1) is 23.0. The molecule has 1 aliphatic heterocycles. The van der Waals surface area contributed by atoms with Crippen LogP contribution in [0, 0.1) is 0 Å². The van der Waals surface area contributed by atoms with Gasteiger partial charge in [0.15, 0.2) is 0 Å². The zero-order valence-electron chi connectivity index (χ0n) is 20.8. The highest BCUT2D eigenvalue weighted by atomic mass is 16.5. The predicted molar refractivity (Wildman–Crippen MR) is 144 cm³/mol.